The van der Waals surface area contributed by atoms with Crippen molar-refractivity contribution in [1.29, 1.82) is 0 Å². The Balaban J connectivity index is 0.00000136. The Hall–Kier alpha value is -0.160. The monoisotopic (exact) mass is 395 g/mol. The standard InChI is InChI=1S/C22H43N3O.C2H6/c1-22(2,3)18-25-12-5-7-19(16-25)15-24-11-6-8-21(17-24)26-20-9-13-23(4)14-10-20;1-2/h19-21H,5-18H2,1-4H3;1-2H3. The molecule has 0 aromatic heterocycles. The fourth-order valence-corrected chi connectivity index (χ4v) is 5.16. The number of piperidine rings is 3. The second-order valence-corrected chi connectivity index (χ2v) is 10.5. The molecule has 0 bridgehead atoms. The molecule has 3 rings (SSSR count). The van der Waals surface area contributed by atoms with E-state index in [1.54, 1.807) is 0 Å². The molecule has 3 aliphatic rings. The third-order valence-electron chi connectivity index (χ3n) is 6.33. The number of ether oxygens (including phenoxy) is 1. The van der Waals surface area contributed by atoms with Gasteiger partial charge in [-0.1, -0.05) is 34.6 Å². The molecule has 28 heavy (non-hydrogen) atoms. The van der Waals surface area contributed by atoms with E-state index in [-0.39, 0.29) is 0 Å². The average Bonchev–Trinajstić information content (AvgIpc) is 2.65. The zero-order valence-electron chi connectivity index (χ0n) is 19.9. The second-order valence-electron chi connectivity index (χ2n) is 10.5. The number of hydrogen-bond donors (Lipinski definition) is 0. The third-order valence-corrected chi connectivity index (χ3v) is 6.33. The van der Waals surface area contributed by atoms with Gasteiger partial charge in [0.05, 0.1) is 12.2 Å². The predicted octanol–water partition coefficient (Wildman–Crippen LogP) is 4.35. The molecule has 0 radical (unpaired) electrons. The van der Waals surface area contributed by atoms with Crippen LogP contribution in [0.1, 0.15) is 73.1 Å². The first-order chi connectivity index (χ1) is 13.4. The van der Waals surface area contributed by atoms with Gasteiger partial charge in [0.1, 0.15) is 0 Å². The summed E-state index contributed by atoms with van der Waals surface area (Å²) < 4.78 is 6.51. The lowest BCUT2D eigenvalue weighted by atomic mass is 9.91. The summed E-state index contributed by atoms with van der Waals surface area (Å²) in [5.74, 6) is 0.855. The SMILES string of the molecule is CC.CN1CCC(OC2CCCN(CC3CCCN(CC(C)(C)C)C3)C2)CC1. The highest BCUT2D eigenvalue weighted by atomic mass is 16.5. The van der Waals surface area contributed by atoms with Crippen LogP contribution in [0.4, 0.5) is 0 Å². The van der Waals surface area contributed by atoms with Crippen molar-refractivity contribution < 1.29 is 4.74 Å². The lowest BCUT2D eigenvalue weighted by Gasteiger charge is -2.41. The summed E-state index contributed by atoms with van der Waals surface area (Å²) in [7, 11) is 2.23. The largest absolute Gasteiger partial charge is 0.374 e. The smallest absolute Gasteiger partial charge is 0.0706 e. The molecular weight excluding hydrogens is 346 g/mol. The summed E-state index contributed by atoms with van der Waals surface area (Å²) in [6, 6.07) is 0. The molecular formula is C24H49N3O. The van der Waals surface area contributed by atoms with E-state index in [4.69, 9.17) is 4.74 Å². The van der Waals surface area contributed by atoms with Gasteiger partial charge in [-0.25, -0.2) is 0 Å². The molecule has 4 heteroatoms. The van der Waals surface area contributed by atoms with Crippen LogP contribution in [0.3, 0.4) is 0 Å². The van der Waals surface area contributed by atoms with Gasteiger partial charge in [-0.2, -0.15) is 0 Å². The van der Waals surface area contributed by atoms with Crippen LogP contribution in [0.15, 0.2) is 0 Å². The molecule has 0 saturated carbocycles. The summed E-state index contributed by atoms with van der Waals surface area (Å²) in [5.41, 5.74) is 0.417. The average molecular weight is 396 g/mol. The van der Waals surface area contributed by atoms with Crippen LogP contribution in [-0.4, -0.2) is 86.3 Å². The van der Waals surface area contributed by atoms with Crippen molar-refractivity contribution in [2.45, 2.75) is 85.4 Å². The molecule has 166 valence electrons. The van der Waals surface area contributed by atoms with Crippen LogP contribution in [-0.2, 0) is 4.74 Å². The molecule has 2 atom stereocenters. The molecule has 3 heterocycles. The van der Waals surface area contributed by atoms with E-state index in [2.05, 4.69) is 42.5 Å². The van der Waals surface area contributed by atoms with Crippen molar-refractivity contribution in [3.63, 3.8) is 0 Å². The van der Waals surface area contributed by atoms with Crippen molar-refractivity contribution in [3.05, 3.63) is 0 Å². The van der Waals surface area contributed by atoms with Crippen LogP contribution in [0.25, 0.3) is 0 Å². The van der Waals surface area contributed by atoms with E-state index >= 15 is 0 Å². The van der Waals surface area contributed by atoms with E-state index in [0.717, 1.165) is 5.92 Å². The topological polar surface area (TPSA) is 19.0 Å². The number of rotatable bonds is 5. The van der Waals surface area contributed by atoms with Gasteiger partial charge in [0, 0.05) is 39.3 Å². The first-order valence-corrected chi connectivity index (χ1v) is 12.2. The number of hydrogen-bond acceptors (Lipinski definition) is 4. The maximum Gasteiger partial charge on any atom is 0.0706 e. The Morgan fingerprint density at radius 3 is 2.11 bits per heavy atom. The van der Waals surface area contributed by atoms with Gasteiger partial charge in [0.15, 0.2) is 0 Å². The van der Waals surface area contributed by atoms with Crippen LogP contribution in [0, 0.1) is 11.3 Å². The maximum atomic E-state index is 6.51. The summed E-state index contributed by atoms with van der Waals surface area (Å²) in [5, 5.41) is 0. The van der Waals surface area contributed by atoms with E-state index in [1.807, 2.05) is 13.8 Å². The van der Waals surface area contributed by atoms with Crippen molar-refractivity contribution in [3.8, 4) is 0 Å². The van der Waals surface area contributed by atoms with Crippen molar-refractivity contribution in [2.75, 3.05) is 59.4 Å². The lowest BCUT2D eigenvalue weighted by molar-refractivity contribution is -0.0700. The van der Waals surface area contributed by atoms with E-state index < -0.39 is 0 Å². The molecule has 0 aromatic carbocycles. The fourth-order valence-electron chi connectivity index (χ4n) is 5.16. The normalized spacial score (nSPS) is 29.4. The first kappa shape index (κ1) is 24.1. The molecule has 0 amide bonds. The zero-order valence-corrected chi connectivity index (χ0v) is 19.9. The van der Waals surface area contributed by atoms with Crippen LogP contribution in [0.2, 0.25) is 0 Å². The first-order valence-electron chi connectivity index (χ1n) is 12.2. The predicted molar refractivity (Wildman–Crippen MR) is 121 cm³/mol. The third kappa shape index (κ3) is 8.69. The Kier molecular flexibility index (Phi) is 10.2. The van der Waals surface area contributed by atoms with Gasteiger partial charge >= 0.3 is 0 Å². The zero-order chi connectivity index (χ0) is 20.6. The van der Waals surface area contributed by atoms with Crippen LogP contribution < -0.4 is 0 Å². The van der Waals surface area contributed by atoms with Gasteiger partial charge in [0.25, 0.3) is 0 Å². The van der Waals surface area contributed by atoms with Gasteiger partial charge in [-0.15, -0.1) is 0 Å². The highest BCUT2D eigenvalue weighted by Gasteiger charge is 2.29. The molecule has 0 aromatic rings. The fraction of sp³-hybridized carbons (Fsp3) is 1.00. The molecule has 0 aliphatic carbocycles. The van der Waals surface area contributed by atoms with Gasteiger partial charge in [0.2, 0.25) is 0 Å². The molecule has 2 unspecified atom stereocenters. The summed E-state index contributed by atoms with van der Waals surface area (Å²) in [4.78, 5) is 7.86. The molecule has 4 nitrogen and oxygen atoms in total. The van der Waals surface area contributed by atoms with E-state index in [1.165, 1.54) is 90.9 Å². The van der Waals surface area contributed by atoms with Crippen LogP contribution in [0.5, 0.6) is 0 Å². The lowest BCUT2D eigenvalue weighted by Crippen LogP contribution is -2.48. The van der Waals surface area contributed by atoms with Gasteiger partial charge in [-0.3, -0.25) is 0 Å². The van der Waals surface area contributed by atoms with Crippen molar-refractivity contribution in [1.82, 2.24) is 14.7 Å². The summed E-state index contributed by atoms with van der Waals surface area (Å²) in [6.45, 7) is 21.1. The molecule has 3 aliphatic heterocycles. The van der Waals surface area contributed by atoms with E-state index in [0.29, 0.717) is 17.6 Å². The Labute approximate surface area is 176 Å². The molecule has 3 fully saturated rings. The number of likely N-dealkylation sites (tertiary alicyclic amines) is 3. The Morgan fingerprint density at radius 1 is 0.786 bits per heavy atom. The molecule has 0 N–H and O–H groups in total. The number of nitrogens with zero attached hydrogens (tertiary/aromatic N) is 3. The Bertz CT molecular complexity index is 415. The summed E-state index contributed by atoms with van der Waals surface area (Å²) >= 11 is 0. The Morgan fingerprint density at radius 2 is 1.43 bits per heavy atom. The minimum Gasteiger partial charge on any atom is -0.374 e. The second kappa shape index (κ2) is 11.9. The van der Waals surface area contributed by atoms with E-state index in [9.17, 15) is 0 Å². The minimum absolute atomic E-state index is 0.417. The highest BCUT2D eigenvalue weighted by Crippen LogP contribution is 2.25. The highest BCUT2D eigenvalue weighted by molar-refractivity contribution is 4.82. The van der Waals surface area contributed by atoms with Gasteiger partial charge in [-0.05, 0) is 70.0 Å². The minimum atomic E-state index is 0.417. The quantitative estimate of drug-likeness (QED) is 0.689. The molecule has 0 spiro atoms. The van der Waals surface area contributed by atoms with Crippen molar-refractivity contribution >= 4 is 0 Å². The molecule has 3 saturated heterocycles. The van der Waals surface area contributed by atoms with Crippen molar-refractivity contribution in [2.24, 2.45) is 11.3 Å². The van der Waals surface area contributed by atoms with Crippen LogP contribution >= 0.6 is 0 Å². The van der Waals surface area contributed by atoms with Gasteiger partial charge < -0.3 is 19.4 Å². The maximum absolute atomic E-state index is 6.51. The summed E-state index contributed by atoms with van der Waals surface area (Å²) in [6.07, 6.45) is 8.80.